The third-order valence-electron chi connectivity index (χ3n) is 2.49. The zero-order chi connectivity index (χ0) is 14.6. The van der Waals surface area contributed by atoms with Crippen LogP contribution in [0, 0.1) is 11.3 Å². The number of rotatable bonds is 4. The number of halogens is 2. The number of hydrogen-bond donors (Lipinski definition) is 1. The van der Waals surface area contributed by atoms with Gasteiger partial charge < -0.3 is 5.32 Å². The number of nitriles is 1. The van der Waals surface area contributed by atoms with Gasteiger partial charge in [-0.1, -0.05) is 37.9 Å². The molecule has 1 N–H and O–H groups in total. The first-order valence-electron chi connectivity index (χ1n) is 5.43. The molecule has 0 aliphatic carbocycles. The van der Waals surface area contributed by atoms with Crippen molar-refractivity contribution in [2.24, 2.45) is 0 Å². The first-order chi connectivity index (χ1) is 8.77. The second-order valence-electron chi connectivity index (χ2n) is 4.44. The monoisotopic (exact) mass is 386 g/mol. The van der Waals surface area contributed by atoms with Crippen LogP contribution in [0.25, 0.3) is 0 Å². The molecule has 0 aliphatic rings. The average molecular weight is 388 g/mol. The molecule has 1 rings (SSSR count). The number of hydrogen-bond acceptors (Lipinski definition) is 3. The highest BCUT2D eigenvalue weighted by Crippen LogP contribution is 2.18. The molecule has 19 heavy (non-hydrogen) atoms. The minimum atomic E-state index is -1.02. The molecule has 0 spiro atoms. The number of carbonyl (C=O) groups excluding carboxylic acids is 2. The first kappa shape index (κ1) is 15.9. The molecule has 4 nitrogen and oxygen atoms in total. The van der Waals surface area contributed by atoms with E-state index >= 15 is 0 Å². The standard InChI is InChI=1S/C13H12Br2N2O2/c1-13(2,10(18)11(14)15)17-12(19)9-5-3-4-8(6-9)7-16/h3-6,11H,1-2H3,(H,17,19). The predicted octanol–water partition coefficient (Wildman–Crippen LogP) is 2.75. The normalized spacial score (nSPS) is 10.9. The van der Waals surface area contributed by atoms with Gasteiger partial charge in [0, 0.05) is 5.56 Å². The second kappa shape index (κ2) is 6.31. The summed E-state index contributed by atoms with van der Waals surface area (Å²) in [5.74, 6) is -0.589. The van der Waals surface area contributed by atoms with Gasteiger partial charge in [0.2, 0.25) is 0 Å². The highest BCUT2D eigenvalue weighted by Gasteiger charge is 2.32. The maximum absolute atomic E-state index is 12.1. The van der Waals surface area contributed by atoms with Crippen LogP contribution in [0.1, 0.15) is 29.8 Å². The lowest BCUT2D eigenvalue weighted by atomic mass is 9.99. The largest absolute Gasteiger partial charge is 0.340 e. The maximum Gasteiger partial charge on any atom is 0.252 e. The van der Waals surface area contributed by atoms with Crippen molar-refractivity contribution < 1.29 is 9.59 Å². The van der Waals surface area contributed by atoms with E-state index in [0.717, 1.165) is 0 Å². The number of benzene rings is 1. The van der Waals surface area contributed by atoms with Crippen LogP contribution in [0.4, 0.5) is 0 Å². The molecule has 1 aromatic rings. The molecule has 1 amide bonds. The van der Waals surface area contributed by atoms with Gasteiger partial charge in [-0.15, -0.1) is 0 Å². The summed E-state index contributed by atoms with van der Waals surface area (Å²) in [7, 11) is 0. The number of nitrogens with one attached hydrogen (secondary N) is 1. The van der Waals surface area contributed by atoms with Crippen LogP contribution >= 0.6 is 31.9 Å². The molecule has 0 aromatic heterocycles. The second-order valence-corrected chi connectivity index (χ2v) is 7.50. The number of nitrogens with zero attached hydrogens (tertiary/aromatic N) is 1. The lowest BCUT2D eigenvalue weighted by molar-refractivity contribution is -0.121. The Labute approximate surface area is 128 Å². The molecule has 6 heteroatoms. The molecule has 100 valence electrons. The van der Waals surface area contributed by atoms with E-state index in [1.807, 2.05) is 6.07 Å². The van der Waals surface area contributed by atoms with Gasteiger partial charge in [-0.3, -0.25) is 9.59 Å². The number of Topliss-reactive ketones (excluding diaryl/α,β-unsaturated/α-hetero) is 1. The molecular weight excluding hydrogens is 376 g/mol. The van der Waals surface area contributed by atoms with Crippen molar-refractivity contribution >= 4 is 43.6 Å². The summed E-state index contributed by atoms with van der Waals surface area (Å²) in [5, 5.41) is 11.4. The number of ketones is 1. The molecule has 0 bridgehead atoms. The fourth-order valence-corrected chi connectivity index (χ4v) is 2.56. The third kappa shape index (κ3) is 4.15. The molecule has 0 radical (unpaired) electrons. The van der Waals surface area contributed by atoms with Gasteiger partial charge in [0.25, 0.3) is 5.91 Å². The minimum absolute atomic E-state index is 0.197. The molecule has 0 atom stereocenters. The quantitative estimate of drug-likeness (QED) is 0.807. The number of alkyl halides is 2. The Morgan fingerprint density at radius 1 is 1.37 bits per heavy atom. The Morgan fingerprint density at radius 2 is 2.00 bits per heavy atom. The van der Waals surface area contributed by atoms with Gasteiger partial charge in [-0.05, 0) is 32.0 Å². The first-order valence-corrected chi connectivity index (χ1v) is 7.26. The van der Waals surface area contributed by atoms with E-state index in [-0.39, 0.29) is 5.78 Å². The maximum atomic E-state index is 12.1. The van der Waals surface area contributed by atoms with E-state index in [4.69, 9.17) is 5.26 Å². The van der Waals surface area contributed by atoms with Crippen molar-refractivity contribution in [3.8, 4) is 6.07 Å². The smallest absolute Gasteiger partial charge is 0.252 e. The summed E-state index contributed by atoms with van der Waals surface area (Å²) < 4.78 is -0.527. The molecule has 0 saturated heterocycles. The van der Waals surface area contributed by atoms with Crippen molar-refractivity contribution in [1.29, 1.82) is 5.26 Å². The fraction of sp³-hybridized carbons (Fsp3) is 0.308. The molecule has 0 heterocycles. The van der Waals surface area contributed by atoms with Crippen LogP contribution in [0.15, 0.2) is 24.3 Å². The van der Waals surface area contributed by atoms with Crippen LogP contribution in [0.2, 0.25) is 0 Å². The Bertz CT molecular complexity index is 548. The summed E-state index contributed by atoms with van der Waals surface area (Å²) in [6.45, 7) is 3.24. The molecular formula is C13H12Br2N2O2. The fourth-order valence-electron chi connectivity index (χ4n) is 1.42. The molecule has 1 aromatic carbocycles. The molecule has 0 fully saturated rings. The Balaban J connectivity index is 2.91. The van der Waals surface area contributed by atoms with Gasteiger partial charge in [0.05, 0.1) is 17.2 Å². The zero-order valence-corrected chi connectivity index (χ0v) is 13.6. The lowest BCUT2D eigenvalue weighted by Crippen LogP contribution is -2.51. The summed E-state index contributed by atoms with van der Waals surface area (Å²) in [4.78, 5) is 23.9. The summed E-state index contributed by atoms with van der Waals surface area (Å²) in [5.41, 5.74) is -0.270. The van der Waals surface area contributed by atoms with E-state index in [9.17, 15) is 9.59 Å². The number of amides is 1. The zero-order valence-electron chi connectivity index (χ0n) is 10.4. The lowest BCUT2D eigenvalue weighted by Gasteiger charge is -2.25. The van der Waals surface area contributed by atoms with Crippen molar-refractivity contribution in [2.45, 2.75) is 23.1 Å². The van der Waals surface area contributed by atoms with Crippen molar-refractivity contribution in [3.05, 3.63) is 35.4 Å². The van der Waals surface area contributed by atoms with Crippen molar-refractivity contribution in [1.82, 2.24) is 5.32 Å². The predicted molar refractivity (Wildman–Crippen MR) is 79.4 cm³/mol. The minimum Gasteiger partial charge on any atom is -0.340 e. The van der Waals surface area contributed by atoms with E-state index in [1.165, 1.54) is 6.07 Å². The highest BCUT2D eigenvalue weighted by atomic mass is 79.9. The SMILES string of the molecule is CC(C)(NC(=O)c1cccc(C#N)c1)C(=O)C(Br)Br. The van der Waals surface area contributed by atoms with Gasteiger partial charge in [-0.25, -0.2) is 0 Å². The average Bonchev–Trinajstić information content (AvgIpc) is 2.37. The summed E-state index contributed by atoms with van der Waals surface area (Å²) >= 11 is 6.23. The van der Waals surface area contributed by atoms with Crippen LogP contribution in [-0.4, -0.2) is 21.0 Å². The molecule has 0 saturated carbocycles. The Morgan fingerprint density at radius 3 is 2.53 bits per heavy atom. The van der Waals surface area contributed by atoms with Crippen LogP contribution < -0.4 is 5.32 Å². The molecule has 0 unspecified atom stereocenters. The number of carbonyl (C=O) groups is 2. The summed E-state index contributed by atoms with van der Waals surface area (Å²) in [6.07, 6.45) is 0. The van der Waals surface area contributed by atoms with Crippen LogP contribution in [0.3, 0.4) is 0 Å². The highest BCUT2D eigenvalue weighted by molar-refractivity contribution is 9.25. The van der Waals surface area contributed by atoms with E-state index in [2.05, 4.69) is 37.2 Å². The van der Waals surface area contributed by atoms with Gasteiger partial charge >= 0.3 is 0 Å². The summed E-state index contributed by atoms with van der Waals surface area (Å²) in [6, 6.07) is 8.28. The Kier molecular flexibility index (Phi) is 5.27. The topological polar surface area (TPSA) is 70.0 Å². The third-order valence-corrected chi connectivity index (χ3v) is 3.33. The van der Waals surface area contributed by atoms with E-state index in [1.54, 1.807) is 32.0 Å². The van der Waals surface area contributed by atoms with Crippen molar-refractivity contribution in [2.75, 3.05) is 0 Å². The van der Waals surface area contributed by atoms with Crippen molar-refractivity contribution in [3.63, 3.8) is 0 Å². The van der Waals surface area contributed by atoms with Crippen LogP contribution in [-0.2, 0) is 4.79 Å². The van der Waals surface area contributed by atoms with E-state index < -0.39 is 15.2 Å². The van der Waals surface area contributed by atoms with E-state index in [0.29, 0.717) is 11.1 Å². The molecule has 0 aliphatic heterocycles. The van der Waals surface area contributed by atoms with Gasteiger partial charge in [0.15, 0.2) is 5.78 Å². The van der Waals surface area contributed by atoms with Gasteiger partial charge in [0.1, 0.15) is 3.74 Å². The Hall–Kier alpha value is -1.19. The van der Waals surface area contributed by atoms with Gasteiger partial charge in [-0.2, -0.15) is 5.26 Å². The van der Waals surface area contributed by atoms with Crippen LogP contribution in [0.5, 0.6) is 0 Å².